The highest BCUT2D eigenvalue weighted by molar-refractivity contribution is 6.30. The number of anilines is 1. The van der Waals surface area contributed by atoms with Crippen molar-refractivity contribution in [3.05, 3.63) is 101 Å². The first kappa shape index (κ1) is 20.8. The molecule has 7 heteroatoms. The minimum Gasteiger partial charge on any atom is -0.457 e. The molecule has 2 aliphatic heterocycles. The standard InChI is InChI=1S/C27H23ClN4O2/c28-19-6-5-7-20(18-19)32-13-12-29-27(32)31-16-14-30(15-17-31)26(33)25-21-8-1-3-10-23(21)34-24-11-4-2-9-22(24)25/h1-13,18,25H,14-17H2. The Balaban J connectivity index is 1.23. The first-order valence-corrected chi connectivity index (χ1v) is 11.8. The van der Waals surface area contributed by atoms with Crippen molar-refractivity contribution in [3.8, 4) is 17.2 Å². The zero-order valence-electron chi connectivity index (χ0n) is 18.5. The lowest BCUT2D eigenvalue weighted by Gasteiger charge is -2.38. The summed E-state index contributed by atoms with van der Waals surface area (Å²) in [6.45, 7) is 2.66. The van der Waals surface area contributed by atoms with Crippen molar-refractivity contribution in [2.45, 2.75) is 5.92 Å². The van der Waals surface area contributed by atoms with Crippen LogP contribution in [0.2, 0.25) is 5.02 Å². The van der Waals surface area contributed by atoms with E-state index in [-0.39, 0.29) is 11.8 Å². The summed E-state index contributed by atoms with van der Waals surface area (Å²) in [4.78, 5) is 22.6. The van der Waals surface area contributed by atoms with Crippen LogP contribution in [-0.2, 0) is 4.79 Å². The molecule has 0 saturated carbocycles. The van der Waals surface area contributed by atoms with Crippen LogP contribution in [-0.4, -0.2) is 46.5 Å². The molecule has 3 heterocycles. The zero-order chi connectivity index (χ0) is 23.1. The van der Waals surface area contributed by atoms with E-state index in [0.717, 1.165) is 34.3 Å². The lowest BCUT2D eigenvalue weighted by molar-refractivity contribution is -0.132. The maximum Gasteiger partial charge on any atom is 0.234 e. The number of carbonyl (C=O) groups is 1. The Kier molecular flexibility index (Phi) is 5.23. The summed E-state index contributed by atoms with van der Waals surface area (Å²) in [6.07, 6.45) is 3.73. The third-order valence-electron chi connectivity index (χ3n) is 6.51. The monoisotopic (exact) mass is 470 g/mol. The highest BCUT2D eigenvalue weighted by Crippen LogP contribution is 2.44. The van der Waals surface area contributed by atoms with Gasteiger partial charge in [-0.3, -0.25) is 9.36 Å². The minimum absolute atomic E-state index is 0.112. The highest BCUT2D eigenvalue weighted by atomic mass is 35.5. The number of hydrogen-bond donors (Lipinski definition) is 0. The number of piperazine rings is 1. The molecule has 1 aromatic heterocycles. The first-order chi connectivity index (χ1) is 16.7. The molecule has 170 valence electrons. The van der Waals surface area contributed by atoms with E-state index in [1.54, 1.807) is 6.20 Å². The maximum atomic E-state index is 13.8. The van der Waals surface area contributed by atoms with Gasteiger partial charge in [-0.15, -0.1) is 0 Å². The van der Waals surface area contributed by atoms with Crippen molar-refractivity contribution < 1.29 is 9.53 Å². The molecule has 1 fully saturated rings. The van der Waals surface area contributed by atoms with Crippen molar-refractivity contribution in [3.63, 3.8) is 0 Å². The molecule has 0 spiro atoms. The molecule has 0 N–H and O–H groups in total. The number of fused-ring (bicyclic) bond motifs is 2. The van der Waals surface area contributed by atoms with Crippen molar-refractivity contribution >= 4 is 23.5 Å². The van der Waals surface area contributed by atoms with Gasteiger partial charge in [0.05, 0.1) is 5.92 Å². The Morgan fingerprint density at radius 2 is 1.56 bits per heavy atom. The number of aromatic nitrogens is 2. The van der Waals surface area contributed by atoms with Gasteiger partial charge >= 0.3 is 0 Å². The van der Waals surface area contributed by atoms with E-state index in [0.29, 0.717) is 31.2 Å². The van der Waals surface area contributed by atoms with Gasteiger partial charge in [0.15, 0.2) is 0 Å². The van der Waals surface area contributed by atoms with E-state index in [2.05, 4.69) is 9.88 Å². The minimum atomic E-state index is -0.360. The largest absolute Gasteiger partial charge is 0.457 e. The molecule has 4 aromatic rings. The average molecular weight is 471 g/mol. The Hall–Kier alpha value is -3.77. The molecule has 6 rings (SSSR count). The van der Waals surface area contributed by atoms with Gasteiger partial charge in [-0.1, -0.05) is 54.1 Å². The zero-order valence-corrected chi connectivity index (χ0v) is 19.2. The summed E-state index contributed by atoms with van der Waals surface area (Å²) in [5.74, 6) is 2.11. The fraction of sp³-hybridized carbons (Fsp3) is 0.185. The van der Waals surface area contributed by atoms with Gasteiger partial charge < -0.3 is 14.5 Å². The van der Waals surface area contributed by atoms with E-state index in [9.17, 15) is 4.79 Å². The topological polar surface area (TPSA) is 50.6 Å². The van der Waals surface area contributed by atoms with Gasteiger partial charge in [-0.05, 0) is 30.3 Å². The SMILES string of the molecule is O=C(C1c2ccccc2Oc2ccccc21)N1CCN(c2nccn2-c2cccc(Cl)c2)CC1. The van der Waals surface area contributed by atoms with Crippen molar-refractivity contribution in [1.82, 2.24) is 14.5 Å². The Bertz CT molecular complexity index is 1310. The van der Waals surface area contributed by atoms with E-state index >= 15 is 0 Å². The van der Waals surface area contributed by atoms with Crippen LogP contribution in [0.4, 0.5) is 5.95 Å². The van der Waals surface area contributed by atoms with E-state index in [1.165, 1.54) is 0 Å². The third-order valence-corrected chi connectivity index (χ3v) is 6.74. The quantitative estimate of drug-likeness (QED) is 0.417. The average Bonchev–Trinajstić information content (AvgIpc) is 3.37. The second kappa shape index (κ2) is 8.54. The van der Waals surface area contributed by atoms with E-state index in [4.69, 9.17) is 16.3 Å². The number of halogens is 1. The van der Waals surface area contributed by atoms with Crippen molar-refractivity contribution in [1.29, 1.82) is 0 Å². The molecular weight excluding hydrogens is 448 g/mol. The van der Waals surface area contributed by atoms with Crippen LogP contribution in [0.25, 0.3) is 5.69 Å². The Morgan fingerprint density at radius 1 is 0.882 bits per heavy atom. The van der Waals surface area contributed by atoms with Crippen LogP contribution in [0.5, 0.6) is 11.5 Å². The van der Waals surface area contributed by atoms with E-state index < -0.39 is 0 Å². The second-order valence-electron chi connectivity index (χ2n) is 8.50. The second-order valence-corrected chi connectivity index (χ2v) is 8.94. The summed E-state index contributed by atoms with van der Waals surface area (Å²) < 4.78 is 8.11. The summed E-state index contributed by atoms with van der Waals surface area (Å²) in [5, 5.41) is 0.685. The number of hydrogen-bond acceptors (Lipinski definition) is 4. The summed E-state index contributed by atoms with van der Waals surface area (Å²) in [5.41, 5.74) is 2.81. The Labute approximate surface area is 203 Å². The lowest BCUT2D eigenvalue weighted by atomic mass is 9.86. The molecule has 0 aliphatic carbocycles. The molecule has 1 saturated heterocycles. The molecule has 1 amide bonds. The number of benzene rings is 3. The summed E-state index contributed by atoms with van der Waals surface area (Å²) in [7, 11) is 0. The lowest BCUT2D eigenvalue weighted by Crippen LogP contribution is -2.51. The van der Waals surface area contributed by atoms with E-state index in [1.807, 2.05) is 88.5 Å². The van der Waals surface area contributed by atoms with Crippen LogP contribution < -0.4 is 9.64 Å². The molecule has 0 bridgehead atoms. The fourth-order valence-electron chi connectivity index (χ4n) is 4.84. The molecule has 3 aromatic carbocycles. The number of ether oxygens (including phenoxy) is 1. The normalized spacial score (nSPS) is 15.4. The highest BCUT2D eigenvalue weighted by Gasteiger charge is 2.36. The summed E-state index contributed by atoms with van der Waals surface area (Å²) >= 11 is 6.20. The van der Waals surface area contributed by atoms with Crippen LogP contribution in [0.3, 0.4) is 0 Å². The van der Waals surface area contributed by atoms with Crippen LogP contribution in [0.15, 0.2) is 85.2 Å². The number of nitrogens with zero attached hydrogens (tertiary/aromatic N) is 4. The predicted molar refractivity (Wildman–Crippen MR) is 132 cm³/mol. The Morgan fingerprint density at radius 3 is 2.24 bits per heavy atom. The summed E-state index contributed by atoms with van der Waals surface area (Å²) in [6, 6.07) is 23.4. The first-order valence-electron chi connectivity index (χ1n) is 11.4. The molecule has 0 unspecified atom stereocenters. The van der Waals surface area contributed by atoms with Gasteiger partial charge in [-0.25, -0.2) is 4.98 Å². The predicted octanol–water partition coefficient (Wildman–Crippen LogP) is 5.11. The van der Waals surface area contributed by atoms with Crippen LogP contribution in [0.1, 0.15) is 17.0 Å². The number of imidazole rings is 1. The third kappa shape index (κ3) is 3.60. The molecule has 0 atom stereocenters. The number of carbonyl (C=O) groups excluding carboxylic acids is 1. The molecule has 34 heavy (non-hydrogen) atoms. The smallest absolute Gasteiger partial charge is 0.234 e. The number of rotatable bonds is 3. The van der Waals surface area contributed by atoms with Crippen LogP contribution in [0, 0.1) is 0 Å². The van der Waals surface area contributed by atoms with Gasteiger partial charge in [0.2, 0.25) is 11.9 Å². The van der Waals surface area contributed by atoms with Crippen molar-refractivity contribution in [2.24, 2.45) is 0 Å². The molecule has 6 nitrogen and oxygen atoms in total. The van der Waals surface area contributed by atoms with Gasteiger partial charge in [0.1, 0.15) is 11.5 Å². The fourth-order valence-corrected chi connectivity index (χ4v) is 5.03. The van der Waals surface area contributed by atoms with Crippen molar-refractivity contribution in [2.75, 3.05) is 31.1 Å². The van der Waals surface area contributed by atoms with Crippen LogP contribution >= 0.6 is 11.6 Å². The van der Waals surface area contributed by atoms with Gasteiger partial charge in [-0.2, -0.15) is 0 Å². The van der Waals surface area contributed by atoms with Gasteiger partial charge in [0, 0.05) is 60.4 Å². The molecule has 2 aliphatic rings. The number of amides is 1. The number of para-hydroxylation sites is 2. The van der Waals surface area contributed by atoms with Gasteiger partial charge in [0.25, 0.3) is 0 Å². The molecular formula is C27H23ClN4O2. The maximum absolute atomic E-state index is 13.8. The molecule has 0 radical (unpaired) electrons.